The molecule has 0 fully saturated rings. The fraction of sp³-hybridized carbons (Fsp3) is 0. The first-order valence-electron chi connectivity index (χ1n) is 5.75. The summed E-state index contributed by atoms with van der Waals surface area (Å²) in [7, 11) is 0. The van der Waals surface area contributed by atoms with Crippen LogP contribution in [0.25, 0.3) is 22.3 Å². The van der Waals surface area contributed by atoms with E-state index in [1.807, 2.05) is 42.6 Å². The summed E-state index contributed by atoms with van der Waals surface area (Å²) in [4.78, 5) is 8.17. The van der Waals surface area contributed by atoms with Gasteiger partial charge in [-0.25, -0.2) is 0 Å². The molecule has 3 aromatic rings. The quantitative estimate of drug-likeness (QED) is 0.673. The minimum absolute atomic E-state index is 1.10. The van der Waals surface area contributed by atoms with Crippen LogP contribution < -0.4 is 0 Å². The first kappa shape index (κ1) is 10.7. The molecule has 0 spiro atoms. The van der Waals surface area contributed by atoms with Gasteiger partial charge in [0.05, 0.1) is 0 Å². The summed E-state index contributed by atoms with van der Waals surface area (Å²) >= 11 is 0. The van der Waals surface area contributed by atoms with Gasteiger partial charge in [-0.2, -0.15) is 0 Å². The van der Waals surface area contributed by atoms with Crippen molar-refractivity contribution in [1.29, 1.82) is 0 Å². The Morgan fingerprint density at radius 3 is 2.22 bits per heavy atom. The van der Waals surface area contributed by atoms with Crippen molar-refractivity contribution in [3.05, 3.63) is 73.3 Å². The van der Waals surface area contributed by atoms with Gasteiger partial charge < -0.3 is 0 Å². The Balaban J connectivity index is 2.05. The minimum Gasteiger partial charge on any atom is -0.265 e. The van der Waals surface area contributed by atoms with Crippen LogP contribution >= 0.6 is 0 Å². The molecule has 0 N–H and O–H groups in total. The molecular weight excluding hydrogens is 220 g/mol. The Hall–Kier alpha value is -2.48. The molecule has 3 rings (SSSR count). The fourth-order valence-corrected chi connectivity index (χ4v) is 1.88. The maximum Gasteiger partial charge on any atom is 0.0346 e. The first-order valence-corrected chi connectivity index (χ1v) is 5.75. The van der Waals surface area contributed by atoms with Crippen molar-refractivity contribution in [3.63, 3.8) is 0 Å². The molecule has 0 aliphatic carbocycles. The monoisotopic (exact) mass is 231 g/mol. The highest BCUT2D eigenvalue weighted by molar-refractivity contribution is 5.72. The van der Waals surface area contributed by atoms with Crippen molar-refractivity contribution in [2.45, 2.75) is 0 Å². The molecule has 0 aliphatic heterocycles. The summed E-state index contributed by atoms with van der Waals surface area (Å²) < 4.78 is 0. The number of hydrogen-bond donors (Lipinski definition) is 0. The SMILES string of the molecule is [c]1cc(-c2ccncc2)cc(-c2cccnc2)c1. The lowest BCUT2D eigenvalue weighted by atomic mass is 10.0. The van der Waals surface area contributed by atoms with Gasteiger partial charge in [-0.1, -0.05) is 6.07 Å². The van der Waals surface area contributed by atoms with Gasteiger partial charge in [0.2, 0.25) is 0 Å². The van der Waals surface area contributed by atoms with Gasteiger partial charge in [0.15, 0.2) is 0 Å². The predicted molar refractivity (Wildman–Crippen MR) is 71.7 cm³/mol. The zero-order valence-electron chi connectivity index (χ0n) is 9.75. The van der Waals surface area contributed by atoms with Crippen LogP contribution in [0.5, 0.6) is 0 Å². The zero-order valence-corrected chi connectivity index (χ0v) is 9.75. The third-order valence-corrected chi connectivity index (χ3v) is 2.80. The third kappa shape index (κ3) is 2.13. The number of pyridine rings is 2. The summed E-state index contributed by atoms with van der Waals surface area (Å²) in [6.07, 6.45) is 7.23. The summed E-state index contributed by atoms with van der Waals surface area (Å²) in [5.41, 5.74) is 4.51. The Bertz CT molecular complexity index is 579. The molecule has 0 amide bonds. The summed E-state index contributed by atoms with van der Waals surface area (Å²) in [6, 6.07) is 17.3. The number of rotatable bonds is 2. The maximum atomic E-state index is 4.14. The molecular formula is C16H11N2. The summed E-state index contributed by atoms with van der Waals surface area (Å²) in [5.74, 6) is 0. The number of aromatic nitrogens is 2. The standard InChI is InChI=1S/C16H11N2/c1-3-14(13-6-9-17-10-7-13)11-15(4-1)16-5-2-8-18-12-16/h2-12H. The van der Waals surface area contributed by atoms with E-state index in [4.69, 9.17) is 0 Å². The second-order valence-corrected chi connectivity index (χ2v) is 3.99. The van der Waals surface area contributed by atoms with Crippen molar-refractivity contribution >= 4 is 0 Å². The zero-order chi connectivity index (χ0) is 12.2. The fourth-order valence-electron chi connectivity index (χ4n) is 1.88. The Morgan fingerprint density at radius 1 is 0.722 bits per heavy atom. The molecule has 2 heterocycles. The van der Waals surface area contributed by atoms with Crippen molar-refractivity contribution in [2.75, 3.05) is 0 Å². The van der Waals surface area contributed by atoms with Gasteiger partial charge in [0, 0.05) is 30.4 Å². The topological polar surface area (TPSA) is 25.8 Å². The van der Waals surface area contributed by atoms with Crippen molar-refractivity contribution in [2.24, 2.45) is 0 Å². The number of benzene rings is 1. The van der Waals surface area contributed by atoms with Crippen LogP contribution in [-0.4, -0.2) is 9.97 Å². The number of hydrogen-bond acceptors (Lipinski definition) is 2. The van der Waals surface area contributed by atoms with E-state index in [2.05, 4.69) is 22.1 Å². The van der Waals surface area contributed by atoms with Crippen LogP contribution in [-0.2, 0) is 0 Å². The molecule has 0 unspecified atom stereocenters. The van der Waals surface area contributed by atoms with E-state index in [1.165, 1.54) is 0 Å². The Labute approximate surface area is 106 Å². The van der Waals surface area contributed by atoms with Crippen molar-refractivity contribution in [1.82, 2.24) is 9.97 Å². The lowest BCUT2D eigenvalue weighted by molar-refractivity contribution is 1.32. The summed E-state index contributed by atoms with van der Waals surface area (Å²) in [6.45, 7) is 0. The van der Waals surface area contributed by atoms with Gasteiger partial charge in [-0.3, -0.25) is 9.97 Å². The average molecular weight is 231 g/mol. The first-order chi connectivity index (χ1) is 8.93. The maximum absolute atomic E-state index is 4.14. The van der Waals surface area contributed by atoms with Crippen molar-refractivity contribution < 1.29 is 0 Å². The molecule has 2 aromatic heterocycles. The lowest BCUT2D eigenvalue weighted by Crippen LogP contribution is -1.82. The molecule has 0 saturated carbocycles. The molecule has 2 heteroatoms. The van der Waals surface area contributed by atoms with Crippen LogP contribution in [0.15, 0.2) is 67.3 Å². The third-order valence-electron chi connectivity index (χ3n) is 2.80. The van der Waals surface area contributed by atoms with E-state index in [1.54, 1.807) is 18.6 Å². The molecule has 2 nitrogen and oxygen atoms in total. The molecule has 85 valence electrons. The average Bonchev–Trinajstić information content (AvgIpc) is 2.49. The highest BCUT2D eigenvalue weighted by Gasteiger charge is 2.01. The molecule has 18 heavy (non-hydrogen) atoms. The van der Waals surface area contributed by atoms with Gasteiger partial charge >= 0.3 is 0 Å². The second kappa shape index (κ2) is 4.80. The highest BCUT2D eigenvalue weighted by atomic mass is 14.6. The Kier molecular flexibility index (Phi) is 2.84. The number of nitrogens with zero attached hydrogens (tertiary/aromatic N) is 2. The molecule has 0 aliphatic rings. The van der Waals surface area contributed by atoms with Crippen LogP contribution in [0, 0.1) is 6.07 Å². The molecule has 0 atom stereocenters. The van der Waals surface area contributed by atoms with E-state index in [0.717, 1.165) is 22.3 Å². The van der Waals surface area contributed by atoms with E-state index in [-0.39, 0.29) is 0 Å². The molecule has 1 aromatic carbocycles. The molecule has 0 bridgehead atoms. The summed E-state index contributed by atoms with van der Waals surface area (Å²) in [5, 5.41) is 0. The second-order valence-electron chi connectivity index (χ2n) is 3.99. The molecule has 1 radical (unpaired) electrons. The predicted octanol–water partition coefficient (Wildman–Crippen LogP) is 3.61. The van der Waals surface area contributed by atoms with E-state index >= 15 is 0 Å². The largest absolute Gasteiger partial charge is 0.265 e. The van der Waals surface area contributed by atoms with Crippen LogP contribution in [0.2, 0.25) is 0 Å². The van der Waals surface area contributed by atoms with Crippen LogP contribution in [0.1, 0.15) is 0 Å². The van der Waals surface area contributed by atoms with Crippen LogP contribution in [0.3, 0.4) is 0 Å². The molecule has 0 saturated heterocycles. The van der Waals surface area contributed by atoms with E-state index in [0.29, 0.717) is 0 Å². The van der Waals surface area contributed by atoms with Gasteiger partial charge in [0.25, 0.3) is 0 Å². The van der Waals surface area contributed by atoms with Gasteiger partial charge in [-0.15, -0.1) is 0 Å². The van der Waals surface area contributed by atoms with Gasteiger partial charge in [-0.05, 0) is 59.2 Å². The van der Waals surface area contributed by atoms with Gasteiger partial charge in [0.1, 0.15) is 0 Å². The van der Waals surface area contributed by atoms with Crippen LogP contribution in [0.4, 0.5) is 0 Å². The van der Waals surface area contributed by atoms with E-state index in [9.17, 15) is 0 Å². The smallest absolute Gasteiger partial charge is 0.0346 e. The Morgan fingerprint density at radius 2 is 1.50 bits per heavy atom. The van der Waals surface area contributed by atoms with E-state index < -0.39 is 0 Å². The normalized spacial score (nSPS) is 10.2. The highest BCUT2D eigenvalue weighted by Crippen LogP contribution is 2.24. The minimum atomic E-state index is 1.10. The lowest BCUT2D eigenvalue weighted by Gasteiger charge is -2.05. The van der Waals surface area contributed by atoms with Crippen molar-refractivity contribution in [3.8, 4) is 22.3 Å².